The molecule has 0 radical (unpaired) electrons. The lowest BCUT2D eigenvalue weighted by molar-refractivity contribution is -0.111. The standard InChI is InChI=1S/C18H14N2OS/c21-17(12-11-14-7-3-1-4-8-14)20-18-19-16(13-22-18)15-9-5-2-6-10-15/h1-13H,(H,19,20,21)/b12-11+. The molecule has 2 aromatic carbocycles. The molecule has 3 nitrogen and oxygen atoms in total. The van der Waals surface area contributed by atoms with Crippen molar-refractivity contribution in [3.8, 4) is 11.3 Å². The van der Waals surface area contributed by atoms with Crippen LogP contribution in [0.1, 0.15) is 5.56 Å². The van der Waals surface area contributed by atoms with E-state index in [0.717, 1.165) is 16.8 Å². The van der Waals surface area contributed by atoms with Gasteiger partial charge in [-0.3, -0.25) is 10.1 Å². The van der Waals surface area contributed by atoms with E-state index < -0.39 is 0 Å². The van der Waals surface area contributed by atoms with E-state index in [-0.39, 0.29) is 5.91 Å². The molecule has 1 amide bonds. The highest BCUT2D eigenvalue weighted by Crippen LogP contribution is 2.24. The fraction of sp³-hybridized carbons (Fsp3) is 0. The molecule has 4 heteroatoms. The molecule has 0 saturated carbocycles. The normalized spacial score (nSPS) is 10.7. The third-order valence-electron chi connectivity index (χ3n) is 3.03. The van der Waals surface area contributed by atoms with Crippen LogP contribution in [0.15, 0.2) is 72.1 Å². The number of thiazole rings is 1. The van der Waals surface area contributed by atoms with Gasteiger partial charge in [-0.25, -0.2) is 4.98 Å². The Morgan fingerprint density at radius 1 is 1.00 bits per heavy atom. The Morgan fingerprint density at radius 3 is 2.41 bits per heavy atom. The van der Waals surface area contributed by atoms with Crippen LogP contribution in [0, 0.1) is 0 Å². The van der Waals surface area contributed by atoms with Gasteiger partial charge < -0.3 is 0 Å². The van der Waals surface area contributed by atoms with Crippen molar-refractivity contribution in [3.63, 3.8) is 0 Å². The van der Waals surface area contributed by atoms with Crippen LogP contribution in [-0.4, -0.2) is 10.9 Å². The van der Waals surface area contributed by atoms with Crippen molar-refractivity contribution in [2.45, 2.75) is 0 Å². The summed E-state index contributed by atoms with van der Waals surface area (Å²) in [6.45, 7) is 0. The van der Waals surface area contributed by atoms with Crippen molar-refractivity contribution in [1.82, 2.24) is 4.98 Å². The summed E-state index contributed by atoms with van der Waals surface area (Å²) < 4.78 is 0. The third kappa shape index (κ3) is 3.68. The fourth-order valence-electron chi connectivity index (χ4n) is 1.96. The van der Waals surface area contributed by atoms with Crippen molar-refractivity contribution >= 4 is 28.5 Å². The van der Waals surface area contributed by atoms with Gasteiger partial charge in [-0.2, -0.15) is 0 Å². The second-order valence-corrected chi connectivity index (χ2v) is 5.50. The van der Waals surface area contributed by atoms with E-state index in [9.17, 15) is 4.79 Å². The Morgan fingerprint density at radius 2 is 1.68 bits per heavy atom. The van der Waals surface area contributed by atoms with E-state index in [4.69, 9.17) is 0 Å². The molecule has 0 aliphatic rings. The molecule has 3 aromatic rings. The van der Waals surface area contributed by atoms with Gasteiger partial charge in [0.15, 0.2) is 5.13 Å². The molecule has 1 N–H and O–H groups in total. The third-order valence-corrected chi connectivity index (χ3v) is 3.79. The Labute approximate surface area is 133 Å². The fourth-order valence-corrected chi connectivity index (χ4v) is 2.68. The van der Waals surface area contributed by atoms with Gasteiger partial charge in [0.2, 0.25) is 5.91 Å². The maximum absolute atomic E-state index is 11.9. The number of benzene rings is 2. The maximum atomic E-state index is 11.9. The largest absolute Gasteiger partial charge is 0.298 e. The van der Waals surface area contributed by atoms with Gasteiger partial charge in [0, 0.05) is 17.0 Å². The van der Waals surface area contributed by atoms with E-state index in [1.54, 1.807) is 6.08 Å². The van der Waals surface area contributed by atoms with Crippen LogP contribution < -0.4 is 5.32 Å². The predicted molar refractivity (Wildman–Crippen MR) is 91.7 cm³/mol. The lowest BCUT2D eigenvalue weighted by Gasteiger charge is -1.97. The molecule has 0 aliphatic heterocycles. The van der Waals surface area contributed by atoms with Crippen LogP contribution in [0.5, 0.6) is 0 Å². The van der Waals surface area contributed by atoms with E-state index in [0.29, 0.717) is 5.13 Å². The second-order valence-electron chi connectivity index (χ2n) is 4.64. The molecule has 0 saturated heterocycles. The number of anilines is 1. The number of nitrogens with one attached hydrogen (secondary N) is 1. The molecule has 1 aromatic heterocycles. The minimum Gasteiger partial charge on any atom is -0.298 e. The lowest BCUT2D eigenvalue weighted by atomic mass is 10.2. The smallest absolute Gasteiger partial charge is 0.250 e. The highest BCUT2D eigenvalue weighted by molar-refractivity contribution is 7.14. The zero-order chi connectivity index (χ0) is 15.2. The lowest BCUT2D eigenvalue weighted by Crippen LogP contribution is -2.07. The molecule has 108 valence electrons. The van der Waals surface area contributed by atoms with Crippen LogP contribution in [-0.2, 0) is 4.79 Å². The molecule has 0 bridgehead atoms. The summed E-state index contributed by atoms with van der Waals surface area (Å²) in [7, 11) is 0. The van der Waals surface area contributed by atoms with Gasteiger partial charge in [-0.05, 0) is 11.6 Å². The maximum Gasteiger partial charge on any atom is 0.250 e. The zero-order valence-electron chi connectivity index (χ0n) is 11.8. The average Bonchev–Trinajstić information content (AvgIpc) is 3.03. The summed E-state index contributed by atoms with van der Waals surface area (Å²) in [5.41, 5.74) is 2.90. The van der Waals surface area contributed by atoms with Gasteiger partial charge in [-0.1, -0.05) is 60.7 Å². The highest BCUT2D eigenvalue weighted by Gasteiger charge is 2.05. The minimum atomic E-state index is -0.183. The van der Waals surface area contributed by atoms with Crippen LogP contribution in [0.4, 0.5) is 5.13 Å². The Balaban J connectivity index is 1.65. The molecule has 1 heterocycles. The van der Waals surface area contributed by atoms with Crippen molar-refractivity contribution in [1.29, 1.82) is 0 Å². The van der Waals surface area contributed by atoms with E-state index in [1.807, 2.05) is 66.0 Å². The molecule has 0 unspecified atom stereocenters. The van der Waals surface area contributed by atoms with Gasteiger partial charge in [-0.15, -0.1) is 11.3 Å². The first-order valence-corrected chi connectivity index (χ1v) is 7.74. The first-order valence-electron chi connectivity index (χ1n) is 6.86. The predicted octanol–water partition coefficient (Wildman–Crippen LogP) is 4.46. The zero-order valence-corrected chi connectivity index (χ0v) is 12.6. The second kappa shape index (κ2) is 6.83. The Bertz CT molecular complexity index is 779. The molecule has 0 aliphatic carbocycles. The number of hydrogen-bond acceptors (Lipinski definition) is 3. The summed E-state index contributed by atoms with van der Waals surface area (Å²) in [6.07, 6.45) is 3.29. The van der Waals surface area contributed by atoms with E-state index in [2.05, 4.69) is 10.3 Å². The van der Waals surface area contributed by atoms with Gasteiger partial charge in [0.05, 0.1) is 5.69 Å². The summed E-state index contributed by atoms with van der Waals surface area (Å²) in [5.74, 6) is -0.183. The first kappa shape index (κ1) is 14.2. The average molecular weight is 306 g/mol. The van der Waals surface area contributed by atoms with Crippen LogP contribution in [0.25, 0.3) is 17.3 Å². The molecule has 22 heavy (non-hydrogen) atoms. The Kier molecular flexibility index (Phi) is 4.41. The number of rotatable bonds is 4. The SMILES string of the molecule is O=C(/C=C/c1ccccc1)Nc1nc(-c2ccccc2)cs1. The van der Waals surface area contributed by atoms with E-state index in [1.165, 1.54) is 17.4 Å². The number of amides is 1. The van der Waals surface area contributed by atoms with Gasteiger partial charge in [0.1, 0.15) is 0 Å². The molecular weight excluding hydrogens is 292 g/mol. The van der Waals surface area contributed by atoms with Crippen molar-refractivity contribution in [3.05, 3.63) is 77.7 Å². The number of nitrogens with zero attached hydrogens (tertiary/aromatic N) is 1. The van der Waals surface area contributed by atoms with Crippen LogP contribution >= 0.6 is 11.3 Å². The summed E-state index contributed by atoms with van der Waals surface area (Å²) in [6, 6.07) is 19.6. The highest BCUT2D eigenvalue weighted by atomic mass is 32.1. The summed E-state index contributed by atoms with van der Waals surface area (Å²) in [4.78, 5) is 16.3. The van der Waals surface area contributed by atoms with Crippen LogP contribution in [0.3, 0.4) is 0 Å². The van der Waals surface area contributed by atoms with E-state index >= 15 is 0 Å². The van der Waals surface area contributed by atoms with Crippen LogP contribution in [0.2, 0.25) is 0 Å². The van der Waals surface area contributed by atoms with Gasteiger partial charge >= 0.3 is 0 Å². The molecule has 0 spiro atoms. The molecule has 0 fully saturated rings. The molecular formula is C18H14N2OS. The summed E-state index contributed by atoms with van der Waals surface area (Å²) in [5, 5.41) is 5.32. The molecule has 0 atom stereocenters. The van der Waals surface area contributed by atoms with Crippen molar-refractivity contribution < 1.29 is 4.79 Å². The quantitative estimate of drug-likeness (QED) is 0.723. The summed E-state index contributed by atoms with van der Waals surface area (Å²) >= 11 is 1.42. The monoisotopic (exact) mass is 306 g/mol. The minimum absolute atomic E-state index is 0.183. The molecule has 3 rings (SSSR count). The Hall–Kier alpha value is -2.72. The van der Waals surface area contributed by atoms with Gasteiger partial charge in [0.25, 0.3) is 0 Å². The van der Waals surface area contributed by atoms with Crippen molar-refractivity contribution in [2.75, 3.05) is 5.32 Å². The number of carbonyl (C=O) groups excluding carboxylic acids is 1. The number of carbonyl (C=O) groups is 1. The first-order chi connectivity index (χ1) is 10.8. The number of aromatic nitrogens is 1. The van der Waals surface area contributed by atoms with Crippen molar-refractivity contribution in [2.24, 2.45) is 0 Å². The number of hydrogen-bond donors (Lipinski definition) is 1. The topological polar surface area (TPSA) is 42.0 Å².